The smallest absolute Gasteiger partial charge is 0.376 e. The molecule has 1 aromatic rings. The van der Waals surface area contributed by atoms with E-state index >= 15 is 0 Å². The van der Waals surface area contributed by atoms with Crippen LogP contribution in [0.15, 0.2) is 12.3 Å². The quantitative estimate of drug-likeness (QED) is 0.719. The number of hydrogen-bond acceptors (Lipinski definition) is 4. The fourth-order valence-corrected chi connectivity index (χ4v) is 6.63. The minimum Gasteiger partial charge on any atom is -0.376 e. The van der Waals surface area contributed by atoms with Crippen LogP contribution in [0.3, 0.4) is 0 Å². The summed E-state index contributed by atoms with van der Waals surface area (Å²) in [6, 6.07) is 1.83. The van der Waals surface area contributed by atoms with Gasteiger partial charge in [-0.3, -0.25) is 9.78 Å². The van der Waals surface area contributed by atoms with Crippen molar-refractivity contribution in [1.82, 2.24) is 15.2 Å². The van der Waals surface area contributed by atoms with Crippen LogP contribution < -0.4 is 5.32 Å². The highest BCUT2D eigenvalue weighted by Gasteiger charge is 2.51. The van der Waals surface area contributed by atoms with Crippen molar-refractivity contribution in [2.75, 3.05) is 13.2 Å². The molecule has 5 atom stereocenters. The number of ether oxygens (including phenoxy) is 1. The number of carbonyl (C=O) groups excluding carboxylic acids is 1. The highest BCUT2D eigenvalue weighted by atomic mass is 19.4. The fraction of sp³-hybridized carbons (Fsp3) is 0.760. The summed E-state index contributed by atoms with van der Waals surface area (Å²) in [5, 5.41) is 3.86. The Bertz CT molecular complexity index is 889. The number of fused-ring (bicyclic) bond motifs is 3. The summed E-state index contributed by atoms with van der Waals surface area (Å²) in [5.74, 6) is 0.826. The van der Waals surface area contributed by atoms with E-state index in [0.717, 1.165) is 38.5 Å². The van der Waals surface area contributed by atoms with Crippen LogP contribution in [0.5, 0.6) is 0 Å². The van der Waals surface area contributed by atoms with E-state index < -0.39 is 17.2 Å². The summed E-state index contributed by atoms with van der Waals surface area (Å²) in [6.45, 7) is 5.77. The van der Waals surface area contributed by atoms with Gasteiger partial charge in [-0.2, -0.15) is 13.2 Å². The Labute approximate surface area is 193 Å². The Morgan fingerprint density at radius 3 is 2.85 bits per heavy atom. The third-order valence-corrected chi connectivity index (χ3v) is 8.66. The zero-order chi connectivity index (χ0) is 23.4. The zero-order valence-electron chi connectivity index (χ0n) is 19.5. The molecule has 1 N–H and O–H groups in total. The lowest BCUT2D eigenvalue weighted by Crippen LogP contribution is -2.50. The van der Waals surface area contributed by atoms with Gasteiger partial charge >= 0.3 is 6.18 Å². The second-order valence-electron chi connectivity index (χ2n) is 10.8. The van der Waals surface area contributed by atoms with Gasteiger partial charge < -0.3 is 15.0 Å². The maximum Gasteiger partial charge on any atom is 0.417 e. The Morgan fingerprint density at radius 1 is 1.30 bits per heavy atom. The minimum atomic E-state index is -4.43. The molecule has 3 heterocycles. The van der Waals surface area contributed by atoms with E-state index in [1.807, 2.05) is 0 Å². The number of hydrogen-bond donors (Lipinski definition) is 1. The molecule has 5 nitrogen and oxygen atoms in total. The molecule has 5 rings (SSSR count). The number of aromatic nitrogens is 1. The number of amides is 1. The summed E-state index contributed by atoms with van der Waals surface area (Å²) in [6.07, 6.45) is 3.35. The molecule has 2 bridgehead atoms. The number of halogens is 3. The monoisotopic (exact) mass is 465 g/mol. The van der Waals surface area contributed by atoms with Gasteiger partial charge in [0.1, 0.15) is 0 Å². The van der Waals surface area contributed by atoms with E-state index in [4.69, 9.17) is 4.74 Å². The van der Waals surface area contributed by atoms with Gasteiger partial charge in [0.15, 0.2) is 0 Å². The molecule has 2 aliphatic carbocycles. The number of rotatable bonds is 4. The van der Waals surface area contributed by atoms with Crippen LogP contribution in [-0.2, 0) is 28.7 Å². The van der Waals surface area contributed by atoms with Crippen LogP contribution in [0.1, 0.15) is 69.2 Å². The maximum atomic E-state index is 13.9. The second-order valence-corrected chi connectivity index (χ2v) is 10.8. The van der Waals surface area contributed by atoms with Gasteiger partial charge in [-0.15, -0.1) is 0 Å². The first kappa shape index (κ1) is 23.1. The molecule has 33 heavy (non-hydrogen) atoms. The highest BCUT2D eigenvalue weighted by molar-refractivity contribution is 5.83. The van der Waals surface area contributed by atoms with Gasteiger partial charge in [0.2, 0.25) is 5.91 Å². The molecule has 1 amide bonds. The molecule has 0 radical (unpaired) electrons. The zero-order valence-corrected chi connectivity index (χ0v) is 19.5. The van der Waals surface area contributed by atoms with E-state index in [9.17, 15) is 18.0 Å². The summed E-state index contributed by atoms with van der Waals surface area (Å²) < 4.78 is 45.5. The second kappa shape index (κ2) is 8.52. The van der Waals surface area contributed by atoms with Gasteiger partial charge in [0, 0.05) is 49.4 Å². The molecule has 0 spiro atoms. The Morgan fingerprint density at radius 2 is 2.12 bits per heavy atom. The standard InChI is InChI=1S/C25H34F3N3O2/c1-15(2)24(8-6-19(11-24)30-22-16-4-3-5-21(22)33-14-16)23(32)31-9-7-20-17(13-31)10-18(12-29-20)25(26,27)28/h10,12,15-16,19,21-22,30H,3-9,11,13-14H2,1-2H3/t16?,19-,21?,22?,24+/m1/s1. The molecule has 4 aliphatic rings. The number of pyridine rings is 1. The number of alkyl halides is 3. The molecule has 8 heteroatoms. The van der Waals surface area contributed by atoms with Gasteiger partial charge in [0.05, 0.1) is 23.7 Å². The third-order valence-electron chi connectivity index (χ3n) is 8.66. The Balaban J connectivity index is 1.30. The van der Waals surface area contributed by atoms with E-state index in [-0.39, 0.29) is 24.4 Å². The Kier molecular flexibility index (Phi) is 5.96. The molecule has 3 fully saturated rings. The first-order valence-electron chi connectivity index (χ1n) is 12.4. The lowest BCUT2D eigenvalue weighted by Gasteiger charge is -2.40. The van der Waals surface area contributed by atoms with E-state index in [0.29, 0.717) is 42.3 Å². The highest BCUT2D eigenvalue weighted by Crippen LogP contribution is 2.47. The normalized spacial score (nSPS) is 34.1. The molecule has 182 valence electrons. The topological polar surface area (TPSA) is 54.5 Å². The van der Waals surface area contributed by atoms with Gasteiger partial charge in [-0.1, -0.05) is 20.3 Å². The van der Waals surface area contributed by atoms with E-state index in [1.54, 1.807) is 4.90 Å². The van der Waals surface area contributed by atoms with Crippen LogP contribution in [0.4, 0.5) is 13.2 Å². The van der Waals surface area contributed by atoms with Gasteiger partial charge in [-0.05, 0) is 49.7 Å². The van der Waals surface area contributed by atoms with Gasteiger partial charge in [0.25, 0.3) is 0 Å². The first-order chi connectivity index (χ1) is 15.7. The Hall–Kier alpha value is -1.67. The third kappa shape index (κ3) is 4.18. The number of nitrogens with one attached hydrogen (secondary N) is 1. The van der Waals surface area contributed by atoms with Crippen molar-refractivity contribution >= 4 is 5.91 Å². The molecule has 3 unspecified atom stereocenters. The number of carbonyl (C=O) groups is 1. The molecule has 0 aromatic carbocycles. The average Bonchev–Trinajstić information content (AvgIpc) is 3.29. The van der Waals surface area contributed by atoms with Crippen molar-refractivity contribution in [1.29, 1.82) is 0 Å². The van der Waals surface area contributed by atoms with Crippen molar-refractivity contribution in [2.45, 2.75) is 89.7 Å². The molecule has 2 saturated carbocycles. The SMILES string of the molecule is CC(C)[C@]1(C(=O)N2CCc3ncc(C(F)(F)F)cc3C2)CC[C@@H](NC2C3CCCC2OC3)C1. The van der Waals surface area contributed by atoms with Gasteiger partial charge in [-0.25, -0.2) is 0 Å². The van der Waals surface area contributed by atoms with Crippen LogP contribution in [0, 0.1) is 17.3 Å². The predicted molar refractivity (Wildman–Crippen MR) is 117 cm³/mol. The maximum absolute atomic E-state index is 13.9. The first-order valence-corrected chi connectivity index (χ1v) is 12.4. The number of nitrogens with zero attached hydrogens (tertiary/aromatic N) is 2. The van der Waals surface area contributed by atoms with Crippen molar-refractivity contribution in [3.63, 3.8) is 0 Å². The molecule has 1 aromatic heterocycles. The lowest BCUT2D eigenvalue weighted by atomic mass is 9.73. The molecular formula is C25H34F3N3O2. The summed E-state index contributed by atoms with van der Waals surface area (Å²) in [4.78, 5) is 19.7. The average molecular weight is 466 g/mol. The van der Waals surface area contributed by atoms with Crippen molar-refractivity contribution in [3.8, 4) is 0 Å². The van der Waals surface area contributed by atoms with Crippen LogP contribution >= 0.6 is 0 Å². The van der Waals surface area contributed by atoms with Crippen molar-refractivity contribution in [2.24, 2.45) is 17.3 Å². The van der Waals surface area contributed by atoms with Crippen molar-refractivity contribution in [3.05, 3.63) is 29.1 Å². The summed E-state index contributed by atoms with van der Waals surface area (Å²) in [7, 11) is 0. The largest absolute Gasteiger partial charge is 0.417 e. The van der Waals surface area contributed by atoms with E-state index in [1.165, 1.54) is 18.9 Å². The molecule has 1 saturated heterocycles. The lowest BCUT2D eigenvalue weighted by molar-refractivity contribution is -0.146. The molecule has 2 aliphatic heterocycles. The predicted octanol–water partition coefficient (Wildman–Crippen LogP) is 4.34. The van der Waals surface area contributed by atoms with E-state index in [2.05, 4.69) is 24.1 Å². The molecular weight excluding hydrogens is 431 g/mol. The van der Waals surface area contributed by atoms with Crippen molar-refractivity contribution < 1.29 is 22.7 Å². The summed E-state index contributed by atoms with van der Waals surface area (Å²) in [5.41, 5.74) is -0.0291. The van der Waals surface area contributed by atoms with Crippen LogP contribution in [0.2, 0.25) is 0 Å². The van der Waals surface area contributed by atoms with Crippen LogP contribution in [-0.4, -0.2) is 47.1 Å². The fourth-order valence-electron chi connectivity index (χ4n) is 6.63. The summed E-state index contributed by atoms with van der Waals surface area (Å²) >= 11 is 0. The van der Waals surface area contributed by atoms with Crippen LogP contribution in [0.25, 0.3) is 0 Å². The minimum absolute atomic E-state index is 0.0905.